The molecule has 0 aliphatic heterocycles. The second kappa shape index (κ2) is 12.0. The summed E-state index contributed by atoms with van der Waals surface area (Å²) in [6, 6.07) is 0. The summed E-state index contributed by atoms with van der Waals surface area (Å²) in [5.41, 5.74) is 0. The van der Waals surface area contributed by atoms with Crippen LogP contribution in [0.3, 0.4) is 0 Å². The number of hydrogen-bond acceptors (Lipinski definition) is 3. The Labute approximate surface area is 101 Å². The topological polar surface area (TPSA) is 35.5 Å². The summed E-state index contributed by atoms with van der Waals surface area (Å²) in [7, 11) is 0. The first kappa shape index (κ1) is 14.9. The minimum Gasteiger partial charge on any atom is -0.463 e. The molecule has 0 saturated heterocycles. The number of rotatable bonds is 10. The standard InChI is InChI=1S/C11H21BrO3/c1-2-3-4-5-6-11(13)15-10-9-14-8-7-12/h2-10H2,1H3. The Kier molecular flexibility index (Phi) is 11.9. The predicted octanol–water partition coefficient (Wildman–Crippen LogP) is 2.91. The van der Waals surface area contributed by atoms with E-state index in [0.29, 0.717) is 26.2 Å². The third-order valence-corrected chi connectivity index (χ3v) is 2.27. The van der Waals surface area contributed by atoms with E-state index in [4.69, 9.17) is 9.47 Å². The van der Waals surface area contributed by atoms with Gasteiger partial charge in [0.05, 0.1) is 13.2 Å². The summed E-state index contributed by atoms with van der Waals surface area (Å²) >= 11 is 3.25. The van der Waals surface area contributed by atoms with Gasteiger partial charge >= 0.3 is 5.97 Å². The highest BCUT2D eigenvalue weighted by Gasteiger charge is 2.01. The molecule has 0 atom stereocenters. The zero-order valence-corrected chi connectivity index (χ0v) is 11.1. The Morgan fingerprint density at radius 2 is 1.93 bits per heavy atom. The number of halogens is 1. The van der Waals surface area contributed by atoms with Crippen molar-refractivity contribution in [3.63, 3.8) is 0 Å². The van der Waals surface area contributed by atoms with Gasteiger partial charge in [0, 0.05) is 11.8 Å². The van der Waals surface area contributed by atoms with Crippen LogP contribution in [0.25, 0.3) is 0 Å². The summed E-state index contributed by atoms with van der Waals surface area (Å²) in [4.78, 5) is 11.2. The number of hydrogen-bond donors (Lipinski definition) is 0. The lowest BCUT2D eigenvalue weighted by Crippen LogP contribution is -2.11. The molecule has 0 aromatic heterocycles. The van der Waals surface area contributed by atoms with Crippen LogP contribution in [-0.4, -0.2) is 31.1 Å². The number of alkyl halides is 1. The lowest BCUT2D eigenvalue weighted by atomic mass is 10.2. The Hall–Kier alpha value is -0.0900. The smallest absolute Gasteiger partial charge is 0.305 e. The van der Waals surface area contributed by atoms with Crippen LogP contribution >= 0.6 is 15.9 Å². The number of carbonyl (C=O) groups is 1. The van der Waals surface area contributed by atoms with Crippen molar-refractivity contribution in [1.29, 1.82) is 0 Å². The first-order valence-electron chi connectivity index (χ1n) is 5.60. The molecule has 0 N–H and O–H groups in total. The second-order valence-electron chi connectivity index (χ2n) is 3.33. The molecule has 0 rings (SSSR count). The maximum absolute atomic E-state index is 11.2. The first-order valence-corrected chi connectivity index (χ1v) is 6.72. The normalized spacial score (nSPS) is 10.3. The zero-order chi connectivity index (χ0) is 11.4. The van der Waals surface area contributed by atoms with E-state index in [9.17, 15) is 4.79 Å². The van der Waals surface area contributed by atoms with Crippen molar-refractivity contribution in [3.05, 3.63) is 0 Å². The average Bonchev–Trinajstić information content (AvgIpc) is 2.24. The molecule has 0 aromatic rings. The molecule has 3 nitrogen and oxygen atoms in total. The highest BCUT2D eigenvalue weighted by molar-refractivity contribution is 9.09. The Bertz CT molecular complexity index is 151. The van der Waals surface area contributed by atoms with Gasteiger partial charge in [-0.25, -0.2) is 0 Å². The summed E-state index contributed by atoms with van der Waals surface area (Å²) in [6.07, 6.45) is 4.98. The largest absolute Gasteiger partial charge is 0.463 e. The highest BCUT2D eigenvalue weighted by Crippen LogP contribution is 2.03. The molecule has 0 aliphatic rings. The van der Waals surface area contributed by atoms with E-state index in [1.807, 2.05) is 0 Å². The minimum absolute atomic E-state index is 0.103. The minimum atomic E-state index is -0.103. The van der Waals surface area contributed by atoms with E-state index in [1.54, 1.807) is 0 Å². The van der Waals surface area contributed by atoms with Crippen LogP contribution in [-0.2, 0) is 14.3 Å². The molecule has 0 bridgehead atoms. The van der Waals surface area contributed by atoms with Crippen molar-refractivity contribution in [2.24, 2.45) is 0 Å². The molecule has 0 aromatic carbocycles. The molecule has 90 valence electrons. The summed E-state index contributed by atoms with van der Waals surface area (Å²) in [5, 5.41) is 0.817. The zero-order valence-electron chi connectivity index (χ0n) is 9.47. The predicted molar refractivity (Wildman–Crippen MR) is 64.3 cm³/mol. The maximum atomic E-state index is 11.2. The summed E-state index contributed by atoms with van der Waals surface area (Å²) < 4.78 is 10.1. The van der Waals surface area contributed by atoms with E-state index in [1.165, 1.54) is 12.8 Å². The lowest BCUT2D eigenvalue weighted by molar-refractivity contribution is -0.145. The van der Waals surface area contributed by atoms with E-state index < -0.39 is 0 Å². The fourth-order valence-electron chi connectivity index (χ4n) is 1.14. The van der Waals surface area contributed by atoms with Gasteiger partial charge in [-0.2, -0.15) is 0 Å². The van der Waals surface area contributed by atoms with Crippen molar-refractivity contribution < 1.29 is 14.3 Å². The van der Waals surface area contributed by atoms with Gasteiger partial charge in [0.25, 0.3) is 0 Å². The van der Waals surface area contributed by atoms with Crippen molar-refractivity contribution in [3.8, 4) is 0 Å². The van der Waals surface area contributed by atoms with Gasteiger partial charge in [-0.05, 0) is 6.42 Å². The van der Waals surface area contributed by atoms with Crippen LogP contribution < -0.4 is 0 Å². The first-order chi connectivity index (χ1) is 7.31. The Balaban J connectivity index is 3.11. The number of unbranched alkanes of at least 4 members (excludes halogenated alkanes) is 3. The summed E-state index contributed by atoms with van der Waals surface area (Å²) in [6.45, 7) is 3.68. The molecular weight excluding hydrogens is 260 g/mol. The lowest BCUT2D eigenvalue weighted by Gasteiger charge is -2.04. The molecule has 0 unspecified atom stereocenters. The monoisotopic (exact) mass is 280 g/mol. The highest BCUT2D eigenvalue weighted by atomic mass is 79.9. The van der Waals surface area contributed by atoms with Crippen LogP contribution in [0.1, 0.15) is 39.0 Å². The third-order valence-electron chi connectivity index (χ3n) is 1.95. The van der Waals surface area contributed by atoms with Gasteiger partial charge in [0.2, 0.25) is 0 Å². The number of ether oxygens (including phenoxy) is 2. The van der Waals surface area contributed by atoms with Gasteiger partial charge in [-0.1, -0.05) is 42.1 Å². The molecule has 0 heterocycles. The van der Waals surface area contributed by atoms with Gasteiger partial charge in [0.1, 0.15) is 6.61 Å². The molecule has 0 aliphatic carbocycles. The molecule has 0 amide bonds. The summed E-state index contributed by atoms with van der Waals surface area (Å²) in [5.74, 6) is -0.103. The molecule has 0 saturated carbocycles. The second-order valence-corrected chi connectivity index (χ2v) is 4.13. The average molecular weight is 281 g/mol. The van der Waals surface area contributed by atoms with Crippen LogP contribution in [0, 0.1) is 0 Å². The van der Waals surface area contributed by atoms with Gasteiger partial charge in [-0.3, -0.25) is 4.79 Å². The number of carbonyl (C=O) groups excluding carboxylic acids is 1. The number of esters is 1. The molecule has 4 heteroatoms. The fraction of sp³-hybridized carbons (Fsp3) is 0.909. The van der Waals surface area contributed by atoms with Crippen LogP contribution in [0.2, 0.25) is 0 Å². The molecule has 0 radical (unpaired) electrons. The SMILES string of the molecule is CCCCCCC(=O)OCCOCCBr. The van der Waals surface area contributed by atoms with E-state index in [-0.39, 0.29) is 5.97 Å². The van der Waals surface area contributed by atoms with Crippen molar-refractivity contribution in [2.45, 2.75) is 39.0 Å². The van der Waals surface area contributed by atoms with E-state index in [0.717, 1.165) is 18.2 Å². The molecular formula is C11H21BrO3. The Morgan fingerprint density at radius 3 is 2.60 bits per heavy atom. The van der Waals surface area contributed by atoms with Gasteiger partial charge < -0.3 is 9.47 Å². The van der Waals surface area contributed by atoms with Gasteiger partial charge in [-0.15, -0.1) is 0 Å². The molecule has 0 fully saturated rings. The van der Waals surface area contributed by atoms with Crippen molar-refractivity contribution in [2.75, 3.05) is 25.2 Å². The third kappa shape index (κ3) is 11.8. The van der Waals surface area contributed by atoms with Crippen molar-refractivity contribution in [1.82, 2.24) is 0 Å². The van der Waals surface area contributed by atoms with Gasteiger partial charge in [0.15, 0.2) is 0 Å². The quantitative estimate of drug-likeness (QED) is 0.351. The maximum Gasteiger partial charge on any atom is 0.305 e. The Morgan fingerprint density at radius 1 is 1.13 bits per heavy atom. The molecule has 15 heavy (non-hydrogen) atoms. The fourth-order valence-corrected chi connectivity index (χ4v) is 1.37. The van der Waals surface area contributed by atoms with Crippen LogP contribution in [0.4, 0.5) is 0 Å². The molecule has 0 spiro atoms. The van der Waals surface area contributed by atoms with Crippen molar-refractivity contribution >= 4 is 21.9 Å². The van der Waals surface area contributed by atoms with E-state index in [2.05, 4.69) is 22.9 Å². The van der Waals surface area contributed by atoms with E-state index >= 15 is 0 Å². The van der Waals surface area contributed by atoms with Crippen LogP contribution in [0.5, 0.6) is 0 Å². The van der Waals surface area contributed by atoms with Crippen LogP contribution in [0.15, 0.2) is 0 Å².